The molecule has 0 saturated carbocycles. The van der Waals surface area contributed by atoms with Crippen molar-refractivity contribution in [2.75, 3.05) is 32.7 Å². The maximum atomic E-state index is 11.4. The van der Waals surface area contributed by atoms with Gasteiger partial charge in [-0.3, -0.25) is 14.5 Å². The topological polar surface area (TPSA) is 61.4 Å². The van der Waals surface area contributed by atoms with E-state index in [1.54, 1.807) is 6.29 Å². The van der Waals surface area contributed by atoms with Gasteiger partial charge >= 0.3 is 0 Å². The zero-order chi connectivity index (χ0) is 10.4. The summed E-state index contributed by atoms with van der Waals surface area (Å²) in [6.45, 7) is 5.41. The molecule has 0 bridgehead atoms. The monoisotopic (exact) mass is 198 g/mol. The quantitative estimate of drug-likeness (QED) is 0.577. The molecule has 1 aliphatic rings. The molecule has 14 heavy (non-hydrogen) atoms. The van der Waals surface area contributed by atoms with Gasteiger partial charge in [-0.25, -0.2) is 0 Å². The lowest BCUT2D eigenvalue weighted by Crippen LogP contribution is -2.52. The van der Waals surface area contributed by atoms with E-state index in [0.717, 1.165) is 26.2 Å². The Morgan fingerprint density at radius 2 is 2.21 bits per heavy atom. The molecule has 0 aromatic rings. The lowest BCUT2D eigenvalue weighted by atomic mass is 10.2. The number of hydrogen-bond acceptors (Lipinski definition) is 4. The maximum Gasteiger partial charge on any atom is 0.237 e. The third-order valence-corrected chi connectivity index (χ3v) is 2.41. The predicted octanol–water partition coefficient (Wildman–Crippen LogP) is -1.49. The number of nitrogens with zero attached hydrogens (tertiary/aromatic N) is 1. The average molecular weight is 198 g/mol. The van der Waals surface area contributed by atoms with Gasteiger partial charge in [-0.15, -0.1) is 0 Å². The number of hydrogen-bond donors (Lipinski definition) is 2. The first kappa shape index (κ1) is 11.1. The zero-order valence-corrected chi connectivity index (χ0v) is 8.38. The van der Waals surface area contributed by atoms with Crippen LogP contribution in [0, 0.1) is 0 Å². The molecular weight excluding hydrogens is 182 g/mol. The Morgan fingerprint density at radius 1 is 1.57 bits per heavy atom. The molecule has 2 N–H and O–H groups in total. The van der Waals surface area contributed by atoms with Gasteiger partial charge in [-0.1, -0.05) is 0 Å². The molecule has 1 saturated heterocycles. The summed E-state index contributed by atoms with van der Waals surface area (Å²) in [7, 11) is 0. The van der Waals surface area contributed by atoms with Crippen molar-refractivity contribution < 1.29 is 9.59 Å². The van der Waals surface area contributed by atoms with E-state index >= 15 is 0 Å². The fourth-order valence-corrected chi connectivity index (χ4v) is 1.51. The molecule has 5 heteroatoms. The Labute approximate surface area is 83.8 Å². The summed E-state index contributed by atoms with van der Waals surface area (Å²) < 4.78 is 0. The maximum absolute atomic E-state index is 11.4. The van der Waals surface area contributed by atoms with Crippen LogP contribution in [0.4, 0.5) is 0 Å². The number of amides is 1. The van der Waals surface area contributed by atoms with E-state index in [1.807, 2.05) is 6.92 Å². The zero-order valence-electron chi connectivity index (χ0n) is 8.38. The van der Waals surface area contributed by atoms with Gasteiger partial charge in [0.2, 0.25) is 12.2 Å². The first-order chi connectivity index (χ1) is 6.75. The first-order valence-electron chi connectivity index (χ1n) is 4.83. The van der Waals surface area contributed by atoms with Crippen molar-refractivity contribution in [2.24, 2.45) is 0 Å². The molecule has 0 aromatic heterocycles. The van der Waals surface area contributed by atoms with E-state index in [0.29, 0.717) is 0 Å². The van der Waals surface area contributed by atoms with E-state index in [1.165, 1.54) is 0 Å². The van der Waals surface area contributed by atoms with E-state index in [-0.39, 0.29) is 18.5 Å². The number of carbonyl (C=O) groups excluding carboxylic acids is 2. The van der Waals surface area contributed by atoms with Crippen LogP contribution in [-0.2, 0) is 9.59 Å². The lowest BCUT2D eigenvalue weighted by molar-refractivity contribution is -0.125. The molecule has 0 aliphatic carbocycles. The van der Waals surface area contributed by atoms with Crippen LogP contribution in [0.1, 0.15) is 6.92 Å². The highest BCUT2D eigenvalue weighted by atomic mass is 16.2. The van der Waals surface area contributed by atoms with E-state index in [2.05, 4.69) is 15.5 Å². The Bertz CT molecular complexity index is 202. The average Bonchev–Trinajstić information content (AvgIpc) is 2.26. The number of piperazine rings is 1. The fraction of sp³-hybridized carbons (Fsp3) is 0.778. The third kappa shape index (κ3) is 3.08. The van der Waals surface area contributed by atoms with Crippen molar-refractivity contribution in [1.29, 1.82) is 0 Å². The third-order valence-electron chi connectivity index (χ3n) is 2.41. The van der Waals surface area contributed by atoms with Crippen LogP contribution < -0.4 is 10.6 Å². The van der Waals surface area contributed by atoms with Gasteiger partial charge in [-0.2, -0.15) is 0 Å². The fourth-order valence-electron chi connectivity index (χ4n) is 1.51. The molecule has 1 fully saturated rings. The van der Waals surface area contributed by atoms with Crippen molar-refractivity contribution in [1.82, 2.24) is 15.5 Å². The highest BCUT2D eigenvalue weighted by Crippen LogP contribution is 2.00. The minimum absolute atomic E-state index is 0.0186. The summed E-state index contributed by atoms with van der Waals surface area (Å²) in [5, 5.41) is 5.72. The lowest BCUT2D eigenvalue weighted by Gasteiger charge is -2.31. The van der Waals surface area contributed by atoms with Crippen molar-refractivity contribution in [2.45, 2.75) is 13.0 Å². The second-order valence-corrected chi connectivity index (χ2v) is 3.32. The molecule has 79 valence electrons. The molecule has 1 amide bonds. The SMILES string of the molecule is CC(C(=O)NC[C]=O)N1CCNCC1. The molecule has 1 radical (unpaired) electrons. The van der Waals surface area contributed by atoms with Crippen LogP contribution in [0.25, 0.3) is 0 Å². The van der Waals surface area contributed by atoms with E-state index in [4.69, 9.17) is 0 Å². The molecular formula is C9H16N3O2. The molecule has 0 aromatic carbocycles. The molecule has 5 nitrogen and oxygen atoms in total. The van der Waals surface area contributed by atoms with E-state index in [9.17, 15) is 9.59 Å². The van der Waals surface area contributed by atoms with Crippen LogP contribution in [-0.4, -0.2) is 55.9 Å². The Balaban J connectivity index is 2.33. The summed E-state index contributed by atoms with van der Waals surface area (Å²) in [5.74, 6) is -0.102. The van der Waals surface area contributed by atoms with Gasteiger partial charge in [0.25, 0.3) is 0 Å². The standard InChI is InChI=1S/C9H16N3O2/c1-8(9(14)11-4-7-13)12-5-2-10-3-6-12/h8,10H,2-6H2,1H3,(H,11,14). The highest BCUT2D eigenvalue weighted by Gasteiger charge is 2.21. The van der Waals surface area contributed by atoms with Crippen molar-refractivity contribution in [3.63, 3.8) is 0 Å². The Hall–Kier alpha value is -0.940. The van der Waals surface area contributed by atoms with Crippen molar-refractivity contribution in [3.8, 4) is 0 Å². The van der Waals surface area contributed by atoms with Crippen LogP contribution in [0.3, 0.4) is 0 Å². The van der Waals surface area contributed by atoms with Gasteiger partial charge in [-0.05, 0) is 6.92 Å². The number of nitrogens with one attached hydrogen (secondary N) is 2. The summed E-state index contributed by atoms with van der Waals surface area (Å²) in [5.41, 5.74) is 0. The van der Waals surface area contributed by atoms with Crippen LogP contribution in [0.15, 0.2) is 0 Å². The molecule has 1 unspecified atom stereocenters. The second-order valence-electron chi connectivity index (χ2n) is 3.32. The van der Waals surface area contributed by atoms with Gasteiger partial charge in [0.05, 0.1) is 12.6 Å². The van der Waals surface area contributed by atoms with Crippen LogP contribution in [0.5, 0.6) is 0 Å². The van der Waals surface area contributed by atoms with Gasteiger partial charge in [0.15, 0.2) is 0 Å². The number of rotatable bonds is 4. The highest BCUT2D eigenvalue weighted by molar-refractivity contribution is 5.83. The van der Waals surface area contributed by atoms with Gasteiger partial charge < -0.3 is 10.6 Å². The summed E-state index contributed by atoms with van der Waals surface area (Å²) >= 11 is 0. The summed E-state index contributed by atoms with van der Waals surface area (Å²) in [6.07, 6.45) is 1.64. The first-order valence-corrected chi connectivity index (χ1v) is 4.83. The molecule has 1 rings (SSSR count). The van der Waals surface area contributed by atoms with Crippen molar-refractivity contribution >= 4 is 12.2 Å². The van der Waals surface area contributed by atoms with Crippen molar-refractivity contribution in [3.05, 3.63) is 0 Å². The molecule has 1 aliphatic heterocycles. The molecule has 1 atom stereocenters. The summed E-state index contributed by atoms with van der Waals surface area (Å²) in [4.78, 5) is 23.5. The summed E-state index contributed by atoms with van der Waals surface area (Å²) in [6, 6.07) is -0.162. The molecule has 0 spiro atoms. The number of carbonyl (C=O) groups is 1. The van der Waals surface area contributed by atoms with Gasteiger partial charge in [0, 0.05) is 26.2 Å². The van der Waals surface area contributed by atoms with Gasteiger partial charge in [0.1, 0.15) is 0 Å². The van der Waals surface area contributed by atoms with E-state index < -0.39 is 0 Å². The largest absolute Gasteiger partial charge is 0.347 e. The minimum atomic E-state index is -0.162. The minimum Gasteiger partial charge on any atom is -0.347 e. The van der Waals surface area contributed by atoms with Crippen LogP contribution >= 0.6 is 0 Å². The predicted molar refractivity (Wildman–Crippen MR) is 52.6 cm³/mol. The van der Waals surface area contributed by atoms with Crippen LogP contribution in [0.2, 0.25) is 0 Å². The molecule has 1 heterocycles. The second kappa shape index (κ2) is 5.72. The normalized spacial score (nSPS) is 20.1. The Morgan fingerprint density at radius 3 is 2.79 bits per heavy atom. The Kier molecular flexibility index (Phi) is 4.55. The smallest absolute Gasteiger partial charge is 0.237 e.